The van der Waals surface area contributed by atoms with Crippen LogP contribution in [0, 0.1) is 12.8 Å². The lowest BCUT2D eigenvalue weighted by Crippen LogP contribution is -2.39. The van der Waals surface area contributed by atoms with Gasteiger partial charge in [-0.1, -0.05) is 38.1 Å². The van der Waals surface area contributed by atoms with E-state index in [-0.39, 0.29) is 11.6 Å². The van der Waals surface area contributed by atoms with Crippen molar-refractivity contribution >= 4 is 21.6 Å². The Bertz CT molecular complexity index is 1060. The second kappa shape index (κ2) is 10.5. The van der Waals surface area contributed by atoms with Gasteiger partial charge in [0.25, 0.3) is 5.56 Å². The molecular formula is C24H33N3O3S. The molecule has 0 fully saturated rings. The fourth-order valence-electron chi connectivity index (χ4n) is 3.56. The first kappa shape index (κ1) is 23.6. The minimum Gasteiger partial charge on any atom is -0.389 e. The minimum absolute atomic E-state index is 0.121. The fraction of sp³-hybridized carbons (Fsp3) is 0.500. The molecule has 0 spiro atoms. The van der Waals surface area contributed by atoms with E-state index in [4.69, 9.17) is 9.72 Å². The normalized spacial score (nSPS) is 13.1. The van der Waals surface area contributed by atoms with Crippen molar-refractivity contribution in [2.45, 2.75) is 53.3 Å². The van der Waals surface area contributed by atoms with Gasteiger partial charge < -0.3 is 14.8 Å². The van der Waals surface area contributed by atoms with Crippen molar-refractivity contribution in [1.29, 1.82) is 0 Å². The van der Waals surface area contributed by atoms with Gasteiger partial charge in [0.2, 0.25) is 0 Å². The summed E-state index contributed by atoms with van der Waals surface area (Å²) in [4.78, 5) is 23.5. The topological polar surface area (TPSA) is 78.5 Å². The van der Waals surface area contributed by atoms with Crippen LogP contribution in [0.4, 0.5) is 0 Å². The molecule has 0 saturated carbocycles. The summed E-state index contributed by atoms with van der Waals surface area (Å²) < 4.78 is 5.57. The van der Waals surface area contributed by atoms with Gasteiger partial charge in [0, 0.05) is 30.1 Å². The lowest BCUT2D eigenvalue weighted by molar-refractivity contribution is 0.00129. The van der Waals surface area contributed by atoms with Crippen LogP contribution in [0.1, 0.15) is 39.1 Å². The first-order valence-corrected chi connectivity index (χ1v) is 11.7. The maximum absolute atomic E-state index is 13.0. The van der Waals surface area contributed by atoms with Crippen molar-refractivity contribution in [3.05, 3.63) is 51.4 Å². The van der Waals surface area contributed by atoms with E-state index in [2.05, 4.69) is 37.6 Å². The van der Waals surface area contributed by atoms with Crippen LogP contribution >= 0.6 is 11.3 Å². The van der Waals surface area contributed by atoms with Gasteiger partial charge in [-0.2, -0.15) is 0 Å². The maximum Gasteiger partial charge on any atom is 0.260 e. The second-order valence-corrected chi connectivity index (χ2v) is 9.62. The number of nitrogens with zero attached hydrogens (tertiary/aromatic N) is 2. The number of fused-ring (bicyclic) bond motifs is 1. The number of rotatable bonds is 10. The molecule has 3 aromatic rings. The van der Waals surface area contributed by atoms with Crippen molar-refractivity contribution in [3.8, 4) is 11.1 Å². The van der Waals surface area contributed by atoms with E-state index in [1.807, 2.05) is 36.6 Å². The third kappa shape index (κ3) is 6.01. The molecule has 2 aromatic heterocycles. The molecule has 0 aliphatic rings. The molecule has 168 valence electrons. The van der Waals surface area contributed by atoms with E-state index in [9.17, 15) is 9.90 Å². The Labute approximate surface area is 187 Å². The van der Waals surface area contributed by atoms with Crippen molar-refractivity contribution in [2.24, 2.45) is 5.92 Å². The number of nitrogens with one attached hydrogen (secondary N) is 1. The van der Waals surface area contributed by atoms with Gasteiger partial charge in [0.1, 0.15) is 10.7 Å². The van der Waals surface area contributed by atoms with Crippen molar-refractivity contribution in [1.82, 2.24) is 14.9 Å². The zero-order valence-electron chi connectivity index (χ0n) is 19.0. The number of aliphatic hydroxyl groups excluding tert-OH is 1. The highest BCUT2D eigenvalue weighted by Gasteiger charge is 2.19. The van der Waals surface area contributed by atoms with Crippen LogP contribution in [0.5, 0.6) is 0 Å². The van der Waals surface area contributed by atoms with E-state index in [0.717, 1.165) is 21.5 Å². The molecule has 2 N–H and O–H groups in total. The molecule has 3 rings (SSSR count). The average molecular weight is 444 g/mol. The molecule has 31 heavy (non-hydrogen) atoms. The molecule has 1 aromatic carbocycles. The van der Waals surface area contributed by atoms with Crippen LogP contribution < -0.4 is 5.56 Å². The highest BCUT2D eigenvalue weighted by molar-refractivity contribution is 7.17. The number of aromatic nitrogens is 2. The number of aliphatic hydroxyl groups is 1. The van der Waals surface area contributed by atoms with E-state index in [1.165, 1.54) is 11.3 Å². The maximum atomic E-state index is 13.0. The summed E-state index contributed by atoms with van der Waals surface area (Å²) in [6.07, 6.45) is -0.592. The molecule has 0 saturated heterocycles. The van der Waals surface area contributed by atoms with Crippen molar-refractivity contribution < 1.29 is 9.84 Å². The van der Waals surface area contributed by atoms with Gasteiger partial charge in [0.05, 0.1) is 24.6 Å². The van der Waals surface area contributed by atoms with E-state index < -0.39 is 6.10 Å². The average Bonchev–Trinajstić information content (AvgIpc) is 3.11. The number of thiophene rings is 1. The Morgan fingerprint density at radius 2 is 1.90 bits per heavy atom. The van der Waals surface area contributed by atoms with Gasteiger partial charge >= 0.3 is 0 Å². The minimum atomic E-state index is -0.592. The molecule has 1 unspecified atom stereocenters. The zero-order chi connectivity index (χ0) is 22.5. The lowest BCUT2D eigenvalue weighted by Gasteiger charge is -2.28. The summed E-state index contributed by atoms with van der Waals surface area (Å²) in [5, 5.41) is 13.0. The van der Waals surface area contributed by atoms with Crippen LogP contribution in [0.15, 0.2) is 34.4 Å². The quantitative estimate of drug-likeness (QED) is 0.491. The Balaban J connectivity index is 1.79. The monoisotopic (exact) mass is 443 g/mol. The number of H-pyrrole nitrogens is 1. The Morgan fingerprint density at radius 3 is 2.58 bits per heavy atom. The molecule has 7 heteroatoms. The fourth-order valence-corrected chi connectivity index (χ4v) is 4.51. The predicted octanol–water partition coefficient (Wildman–Crippen LogP) is 4.20. The van der Waals surface area contributed by atoms with Crippen LogP contribution in [-0.2, 0) is 11.3 Å². The summed E-state index contributed by atoms with van der Waals surface area (Å²) in [7, 11) is 0. The SMILES string of the molecule is Cc1ccccc1-c1csc2nc(CN(CC(O)COCC(C)C)C(C)C)[nH]c(=O)c12. The first-order chi connectivity index (χ1) is 14.8. The highest BCUT2D eigenvalue weighted by Crippen LogP contribution is 2.32. The smallest absolute Gasteiger partial charge is 0.260 e. The van der Waals surface area contributed by atoms with Gasteiger partial charge in [0.15, 0.2) is 0 Å². The summed E-state index contributed by atoms with van der Waals surface area (Å²) in [5.41, 5.74) is 2.99. The molecule has 2 heterocycles. The number of benzene rings is 1. The molecule has 0 aliphatic heterocycles. The number of hydrogen-bond acceptors (Lipinski definition) is 6. The van der Waals surface area contributed by atoms with Gasteiger partial charge in [-0.15, -0.1) is 11.3 Å². The standard InChI is InChI=1S/C24H33N3O3S/c1-15(2)12-30-13-18(28)10-27(16(3)4)11-21-25-23(29)22-20(14-31-24(22)26-21)19-9-7-6-8-17(19)5/h6-9,14-16,18,28H,10-13H2,1-5H3,(H,25,26,29). The molecular weight excluding hydrogens is 410 g/mol. The molecule has 0 radical (unpaired) electrons. The third-order valence-corrected chi connectivity index (χ3v) is 6.09. The van der Waals surface area contributed by atoms with Crippen LogP contribution in [0.3, 0.4) is 0 Å². The third-order valence-electron chi connectivity index (χ3n) is 5.22. The number of hydrogen-bond donors (Lipinski definition) is 2. The van der Waals surface area contributed by atoms with Crippen LogP contribution in [0.2, 0.25) is 0 Å². The molecule has 0 amide bonds. The summed E-state index contributed by atoms with van der Waals surface area (Å²) in [6, 6.07) is 8.25. The highest BCUT2D eigenvalue weighted by atomic mass is 32.1. The number of ether oxygens (including phenoxy) is 1. The molecule has 0 aliphatic carbocycles. The van der Waals surface area contributed by atoms with E-state index >= 15 is 0 Å². The van der Waals surface area contributed by atoms with Crippen molar-refractivity contribution in [2.75, 3.05) is 19.8 Å². The number of aryl methyl sites for hydroxylation is 1. The van der Waals surface area contributed by atoms with E-state index in [1.54, 1.807) is 0 Å². The summed E-state index contributed by atoms with van der Waals surface area (Å²) >= 11 is 1.49. The van der Waals surface area contributed by atoms with Crippen LogP contribution in [0.25, 0.3) is 21.3 Å². The van der Waals surface area contributed by atoms with Gasteiger partial charge in [-0.3, -0.25) is 9.69 Å². The number of aromatic amines is 1. The zero-order valence-corrected chi connectivity index (χ0v) is 19.8. The second-order valence-electron chi connectivity index (χ2n) is 8.77. The Morgan fingerprint density at radius 1 is 1.16 bits per heavy atom. The van der Waals surface area contributed by atoms with Crippen molar-refractivity contribution in [3.63, 3.8) is 0 Å². The van der Waals surface area contributed by atoms with Gasteiger partial charge in [-0.25, -0.2) is 4.98 Å². The Hall–Kier alpha value is -2.06. The molecule has 6 nitrogen and oxygen atoms in total. The Kier molecular flexibility index (Phi) is 8.00. The lowest BCUT2D eigenvalue weighted by atomic mass is 10.0. The van der Waals surface area contributed by atoms with E-state index in [0.29, 0.717) is 43.4 Å². The van der Waals surface area contributed by atoms with Gasteiger partial charge in [-0.05, 0) is 37.8 Å². The van der Waals surface area contributed by atoms with Crippen LogP contribution in [-0.4, -0.2) is 51.9 Å². The predicted molar refractivity (Wildman–Crippen MR) is 128 cm³/mol. The molecule has 0 bridgehead atoms. The summed E-state index contributed by atoms with van der Waals surface area (Å²) in [5.74, 6) is 1.05. The first-order valence-electron chi connectivity index (χ1n) is 10.8. The molecule has 1 atom stereocenters. The summed E-state index contributed by atoms with van der Waals surface area (Å²) in [6.45, 7) is 12.2. The largest absolute Gasteiger partial charge is 0.389 e.